The molecule has 2 aromatic heterocycles. The summed E-state index contributed by atoms with van der Waals surface area (Å²) in [5, 5.41) is 25.8. The second-order valence-corrected chi connectivity index (χ2v) is 8.64. The normalized spacial score (nSPS) is 26.6. The van der Waals surface area contributed by atoms with Crippen molar-refractivity contribution in [3.05, 3.63) is 59.9 Å². The Morgan fingerprint density at radius 1 is 1.13 bits per heavy atom. The van der Waals surface area contributed by atoms with Crippen molar-refractivity contribution >= 4 is 16.7 Å². The molecule has 0 amide bonds. The second-order valence-electron chi connectivity index (χ2n) is 8.64. The summed E-state index contributed by atoms with van der Waals surface area (Å²) in [6.45, 7) is 3.78. The van der Waals surface area contributed by atoms with Gasteiger partial charge in [0.15, 0.2) is 0 Å². The summed E-state index contributed by atoms with van der Waals surface area (Å²) in [4.78, 5) is 6.89. The fourth-order valence-corrected chi connectivity index (χ4v) is 5.02. The zero-order valence-electron chi connectivity index (χ0n) is 17.8. The molecule has 1 aromatic carbocycles. The van der Waals surface area contributed by atoms with Crippen LogP contribution in [0.25, 0.3) is 10.9 Å². The molecular formula is C24H30N4O3. The standard InChI is InChI=1S/C24H30N4O3/c1-27-15-17(18-4-2-3-5-20(18)27)14-26-23-19(12-21(29)24(23)30)16-6-7-22(25-13-16)28-8-10-31-11-9-28/h2-7,13,15,19,21,23-24,26,29-30H,8-12,14H2,1H3. The fraction of sp³-hybridized carbons (Fsp3) is 0.458. The number of aryl methyl sites for hydroxylation is 1. The molecule has 1 aliphatic carbocycles. The Bertz CT molecular complexity index is 1030. The van der Waals surface area contributed by atoms with Gasteiger partial charge in [0, 0.05) is 61.9 Å². The molecule has 164 valence electrons. The van der Waals surface area contributed by atoms with Crippen molar-refractivity contribution in [3.63, 3.8) is 0 Å². The first-order chi connectivity index (χ1) is 15.1. The number of morpholine rings is 1. The van der Waals surface area contributed by atoms with Crippen LogP contribution in [0.3, 0.4) is 0 Å². The molecule has 0 spiro atoms. The molecule has 1 aliphatic heterocycles. The molecule has 7 heteroatoms. The predicted molar refractivity (Wildman–Crippen MR) is 120 cm³/mol. The first-order valence-electron chi connectivity index (χ1n) is 11.0. The third-order valence-corrected chi connectivity index (χ3v) is 6.73. The van der Waals surface area contributed by atoms with Crippen molar-refractivity contribution in [3.8, 4) is 0 Å². The minimum absolute atomic E-state index is 0.00576. The number of benzene rings is 1. The van der Waals surface area contributed by atoms with Gasteiger partial charge in [0.05, 0.1) is 25.4 Å². The molecular weight excluding hydrogens is 392 g/mol. The largest absolute Gasteiger partial charge is 0.390 e. The lowest BCUT2D eigenvalue weighted by molar-refractivity contribution is 0.0298. The molecule has 4 atom stereocenters. The van der Waals surface area contributed by atoms with Crippen molar-refractivity contribution in [1.29, 1.82) is 0 Å². The molecule has 3 N–H and O–H groups in total. The lowest BCUT2D eigenvalue weighted by Gasteiger charge is -2.28. The number of aromatic nitrogens is 2. The summed E-state index contributed by atoms with van der Waals surface area (Å²) in [7, 11) is 2.05. The van der Waals surface area contributed by atoms with Crippen LogP contribution >= 0.6 is 0 Å². The van der Waals surface area contributed by atoms with Crippen LogP contribution in [-0.2, 0) is 18.3 Å². The van der Waals surface area contributed by atoms with E-state index in [9.17, 15) is 10.2 Å². The van der Waals surface area contributed by atoms with Crippen LogP contribution in [0.2, 0.25) is 0 Å². The maximum Gasteiger partial charge on any atom is 0.128 e. The van der Waals surface area contributed by atoms with Crippen LogP contribution in [0.5, 0.6) is 0 Å². The lowest BCUT2D eigenvalue weighted by Crippen LogP contribution is -2.42. The van der Waals surface area contributed by atoms with Crippen molar-refractivity contribution in [2.75, 3.05) is 31.2 Å². The first-order valence-corrected chi connectivity index (χ1v) is 11.0. The molecule has 3 aromatic rings. The molecule has 0 radical (unpaired) electrons. The molecule has 2 fully saturated rings. The number of fused-ring (bicyclic) bond motifs is 1. The first kappa shape index (κ1) is 20.5. The van der Waals surface area contributed by atoms with Gasteiger partial charge in [0.2, 0.25) is 0 Å². The topological polar surface area (TPSA) is 82.8 Å². The highest BCUT2D eigenvalue weighted by Gasteiger charge is 2.42. The van der Waals surface area contributed by atoms with E-state index in [0.29, 0.717) is 13.0 Å². The van der Waals surface area contributed by atoms with Gasteiger partial charge in [-0.1, -0.05) is 24.3 Å². The Balaban J connectivity index is 1.33. The SMILES string of the molecule is Cn1cc(CNC2C(c3ccc(N4CCOCC4)nc3)CC(O)C2O)c2ccccc21. The van der Waals surface area contributed by atoms with Gasteiger partial charge in [0.1, 0.15) is 5.82 Å². The average Bonchev–Trinajstić information content (AvgIpc) is 3.29. The number of para-hydroxylation sites is 1. The van der Waals surface area contributed by atoms with Crippen LogP contribution < -0.4 is 10.2 Å². The van der Waals surface area contributed by atoms with Crippen molar-refractivity contribution in [1.82, 2.24) is 14.9 Å². The van der Waals surface area contributed by atoms with Crippen LogP contribution in [0, 0.1) is 0 Å². The number of pyridine rings is 1. The fourth-order valence-electron chi connectivity index (χ4n) is 5.02. The summed E-state index contributed by atoms with van der Waals surface area (Å²) in [5.41, 5.74) is 3.42. The van der Waals surface area contributed by atoms with Crippen molar-refractivity contribution in [2.45, 2.75) is 37.1 Å². The summed E-state index contributed by atoms with van der Waals surface area (Å²) in [6.07, 6.45) is 3.00. The highest BCUT2D eigenvalue weighted by atomic mass is 16.5. The number of ether oxygens (including phenoxy) is 1. The number of nitrogens with one attached hydrogen (secondary N) is 1. The van der Waals surface area contributed by atoms with Gasteiger partial charge in [-0.25, -0.2) is 4.98 Å². The van der Waals surface area contributed by atoms with Crippen LogP contribution in [0.15, 0.2) is 48.8 Å². The van der Waals surface area contributed by atoms with Gasteiger partial charge in [0.25, 0.3) is 0 Å². The van der Waals surface area contributed by atoms with Crippen molar-refractivity contribution < 1.29 is 14.9 Å². The quantitative estimate of drug-likeness (QED) is 0.582. The molecule has 1 saturated heterocycles. The maximum absolute atomic E-state index is 10.7. The van der Waals surface area contributed by atoms with E-state index in [2.05, 4.69) is 44.2 Å². The van der Waals surface area contributed by atoms with Gasteiger partial charge in [-0.3, -0.25) is 0 Å². The van der Waals surface area contributed by atoms with Crippen LogP contribution in [0.1, 0.15) is 23.5 Å². The van der Waals surface area contributed by atoms with E-state index in [1.54, 1.807) is 0 Å². The van der Waals surface area contributed by atoms with Gasteiger partial charge < -0.3 is 29.7 Å². The van der Waals surface area contributed by atoms with E-state index in [1.165, 1.54) is 16.5 Å². The smallest absolute Gasteiger partial charge is 0.128 e. The van der Waals surface area contributed by atoms with E-state index < -0.39 is 12.2 Å². The summed E-state index contributed by atoms with van der Waals surface area (Å²) >= 11 is 0. The van der Waals surface area contributed by atoms with E-state index in [0.717, 1.165) is 37.7 Å². The van der Waals surface area contributed by atoms with E-state index in [4.69, 9.17) is 4.74 Å². The Hall–Kier alpha value is -2.45. The molecule has 31 heavy (non-hydrogen) atoms. The number of anilines is 1. The number of nitrogens with zero attached hydrogens (tertiary/aromatic N) is 3. The number of rotatable bonds is 5. The van der Waals surface area contributed by atoms with Gasteiger partial charge >= 0.3 is 0 Å². The Kier molecular flexibility index (Phi) is 5.67. The zero-order valence-corrected chi connectivity index (χ0v) is 17.8. The molecule has 1 saturated carbocycles. The zero-order chi connectivity index (χ0) is 21.4. The third kappa shape index (κ3) is 3.94. The van der Waals surface area contributed by atoms with E-state index in [1.807, 2.05) is 31.4 Å². The monoisotopic (exact) mass is 422 g/mol. The third-order valence-electron chi connectivity index (χ3n) is 6.73. The molecule has 7 nitrogen and oxygen atoms in total. The molecule has 0 bridgehead atoms. The van der Waals surface area contributed by atoms with Gasteiger partial charge in [-0.2, -0.15) is 0 Å². The summed E-state index contributed by atoms with van der Waals surface area (Å²) < 4.78 is 7.54. The Labute approximate surface area is 182 Å². The predicted octanol–water partition coefficient (Wildman–Crippen LogP) is 1.78. The Morgan fingerprint density at radius 3 is 2.71 bits per heavy atom. The number of aliphatic hydroxyl groups is 2. The summed E-state index contributed by atoms with van der Waals surface area (Å²) in [6, 6.07) is 12.2. The Morgan fingerprint density at radius 2 is 1.94 bits per heavy atom. The minimum atomic E-state index is -0.807. The molecule has 5 rings (SSSR count). The van der Waals surface area contributed by atoms with Crippen LogP contribution in [0.4, 0.5) is 5.82 Å². The number of aliphatic hydroxyl groups excluding tert-OH is 2. The highest BCUT2D eigenvalue weighted by Crippen LogP contribution is 2.36. The highest BCUT2D eigenvalue weighted by molar-refractivity contribution is 5.83. The molecule has 4 unspecified atom stereocenters. The van der Waals surface area contributed by atoms with Gasteiger partial charge in [-0.15, -0.1) is 0 Å². The van der Waals surface area contributed by atoms with Gasteiger partial charge in [-0.05, 0) is 29.7 Å². The molecule has 2 aliphatic rings. The van der Waals surface area contributed by atoms with Crippen molar-refractivity contribution in [2.24, 2.45) is 7.05 Å². The average molecular weight is 423 g/mol. The summed E-state index contributed by atoms with van der Waals surface area (Å²) in [5.74, 6) is 0.956. The van der Waals surface area contributed by atoms with E-state index in [-0.39, 0.29) is 12.0 Å². The minimum Gasteiger partial charge on any atom is -0.390 e. The number of hydrogen-bond donors (Lipinski definition) is 3. The lowest BCUT2D eigenvalue weighted by atomic mass is 9.94. The second kappa shape index (κ2) is 8.59. The molecule has 3 heterocycles. The maximum atomic E-state index is 10.7. The van der Waals surface area contributed by atoms with E-state index >= 15 is 0 Å². The number of hydrogen-bond acceptors (Lipinski definition) is 6. The van der Waals surface area contributed by atoms with Crippen LogP contribution in [-0.4, -0.2) is 64.3 Å².